The van der Waals surface area contributed by atoms with Crippen LogP contribution in [0.4, 0.5) is 0 Å². The first-order valence-electron chi connectivity index (χ1n) is 16.9. The lowest BCUT2D eigenvalue weighted by Gasteiger charge is -2.32. The average Bonchev–Trinajstić information content (AvgIpc) is 3.80. The Morgan fingerprint density at radius 1 is 0.551 bits per heavy atom. The maximum atomic E-state index is 6.45. The van der Waals surface area contributed by atoms with Crippen molar-refractivity contribution in [1.82, 2.24) is 9.97 Å². The van der Waals surface area contributed by atoms with Crippen LogP contribution in [0.15, 0.2) is 142 Å². The van der Waals surface area contributed by atoms with Crippen LogP contribution in [0.5, 0.6) is 0 Å². The first-order chi connectivity index (χ1) is 24.0. The Labute approximate surface area is 283 Å². The van der Waals surface area contributed by atoms with Gasteiger partial charge in [-0.3, -0.25) is 0 Å². The maximum absolute atomic E-state index is 6.45. The highest BCUT2D eigenvalue weighted by atomic mass is 16.3. The Bertz CT molecular complexity index is 2770. The van der Waals surface area contributed by atoms with Crippen molar-refractivity contribution in [2.75, 3.05) is 0 Å². The van der Waals surface area contributed by atoms with E-state index in [-0.39, 0.29) is 5.41 Å². The molecule has 0 spiro atoms. The molecule has 1 aliphatic rings. The fraction of sp³-hybridized carbons (Fsp3) is 0.111. The summed E-state index contributed by atoms with van der Waals surface area (Å²) in [7, 11) is 0. The molecule has 1 aliphatic carbocycles. The van der Waals surface area contributed by atoms with Gasteiger partial charge in [-0.2, -0.15) is 0 Å². The Kier molecular flexibility index (Phi) is 5.87. The number of furan rings is 2. The monoisotopic (exact) mass is 632 g/mol. The van der Waals surface area contributed by atoms with E-state index < -0.39 is 0 Å². The van der Waals surface area contributed by atoms with Gasteiger partial charge in [0.1, 0.15) is 28.0 Å². The molecule has 0 bridgehead atoms. The summed E-state index contributed by atoms with van der Waals surface area (Å²) in [5.74, 6) is 1.04. The molecule has 1 unspecified atom stereocenters. The molecule has 0 N–H and O–H groups in total. The molecule has 0 radical (unpaired) electrons. The number of rotatable bonds is 4. The molecule has 3 heterocycles. The van der Waals surface area contributed by atoms with Gasteiger partial charge in [0.15, 0.2) is 11.4 Å². The Hall–Kier alpha value is -6.00. The highest BCUT2D eigenvalue weighted by molar-refractivity contribution is 6.11. The fourth-order valence-corrected chi connectivity index (χ4v) is 8.05. The van der Waals surface area contributed by atoms with Crippen LogP contribution in [-0.2, 0) is 5.41 Å². The van der Waals surface area contributed by atoms with Gasteiger partial charge in [0.05, 0.1) is 0 Å². The van der Waals surface area contributed by atoms with Gasteiger partial charge in [0.25, 0.3) is 0 Å². The van der Waals surface area contributed by atoms with Crippen molar-refractivity contribution < 1.29 is 8.83 Å². The normalized spacial score (nSPS) is 15.5. The molecular formula is C45H32N2O2. The van der Waals surface area contributed by atoms with Crippen LogP contribution in [0.3, 0.4) is 0 Å². The summed E-state index contributed by atoms with van der Waals surface area (Å²) in [6.07, 6.45) is 0. The van der Waals surface area contributed by atoms with E-state index in [9.17, 15) is 0 Å². The lowest BCUT2D eigenvalue weighted by Crippen LogP contribution is -2.27. The van der Waals surface area contributed by atoms with Gasteiger partial charge in [-0.25, -0.2) is 9.97 Å². The quantitative estimate of drug-likeness (QED) is 0.194. The van der Waals surface area contributed by atoms with E-state index in [0.29, 0.717) is 17.3 Å². The minimum atomic E-state index is -0.206. The second-order valence-electron chi connectivity index (χ2n) is 13.7. The van der Waals surface area contributed by atoms with Gasteiger partial charge in [0.2, 0.25) is 0 Å². The third-order valence-corrected chi connectivity index (χ3v) is 10.8. The predicted molar refractivity (Wildman–Crippen MR) is 200 cm³/mol. The Morgan fingerprint density at radius 2 is 1.22 bits per heavy atom. The summed E-state index contributed by atoms with van der Waals surface area (Å²) in [4.78, 5) is 10.2. The zero-order valence-corrected chi connectivity index (χ0v) is 27.5. The second-order valence-corrected chi connectivity index (χ2v) is 13.7. The average molecular weight is 633 g/mol. The molecule has 0 fully saturated rings. The molecule has 3 aromatic heterocycles. The van der Waals surface area contributed by atoms with E-state index >= 15 is 0 Å². The molecule has 0 aliphatic heterocycles. The van der Waals surface area contributed by atoms with Crippen LogP contribution in [-0.4, -0.2) is 9.97 Å². The van der Waals surface area contributed by atoms with Crippen LogP contribution in [0.2, 0.25) is 0 Å². The van der Waals surface area contributed by atoms with Crippen molar-refractivity contribution in [2.45, 2.75) is 26.2 Å². The number of hydrogen-bond acceptors (Lipinski definition) is 4. The predicted octanol–water partition coefficient (Wildman–Crippen LogP) is 12.2. The largest absolute Gasteiger partial charge is 0.456 e. The van der Waals surface area contributed by atoms with Gasteiger partial charge in [-0.1, -0.05) is 118 Å². The van der Waals surface area contributed by atoms with Crippen molar-refractivity contribution in [1.29, 1.82) is 0 Å². The third kappa shape index (κ3) is 3.98. The maximum Gasteiger partial charge on any atom is 0.180 e. The van der Waals surface area contributed by atoms with Crippen LogP contribution >= 0.6 is 0 Å². The summed E-state index contributed by atoms with van der Waals surface area (Å²) in [6.45, 7) is 7.09. The molecular weight excluding hydrogens is 601 g/mol. The summed E-state index contributed by atoms with van der Waals surface area (Å²) in [5, 5.41) is 3.40. The Balaban J connectivity index is 1.15. The van der Waals surface area contributed by atoms with Crippen molar-refractivity contribution in [3.05, 3.63) is 145 Å². The smallest absolute Gasteiger partial charge is 0.180 e. The number of para-hydroxylation sites is 2. The highest BCUT2D eigenvalue weighted by Gasteiger charge is 2.44. The van der Waals surface area contributed by atoms with Crippen LogP contribution in [0.25, 0.3) is 88.9 Å². The van der Waals surface area contributed by atoms with Gasteiger partial charge >= 0.3 is 0 Å². The molecule has 4 nitrogen and oxygen atoms in total. The molecule has 49 heavy (non-hydrogen) atoms. The van der Waals surface area contributed by atoms with Gasteiger partial charge in [-0.15, -0.1) is 0 Å². The zero-order valence-electron chi connectivity index (χ0n) is 27.5. The van der Waals surface area contributed by atoms with Crippen molar-refractivity contribution in [2.24, 2.45) is 5.92 Å². The van der Waals surface area contributed by atoms with Crippen molar-refractivity contribution in [3.63, 3.8) is 0 Å². The number of benzene rings is 6. The summed E-state index contributed by atoms with van der Waals surface area (Å²) < 4.78 is 12.8. The minimum absolute atomic E-state index is 0.206. The van der Waals surface area contributed by atoms with E-state index in [1.807, 2.05) is 42.5 Å². The third-order valence-electron chi connectivity index (χ3n) is 10.8. The lowest BCUT2D eigenvalue weighted by atomic mass is 9.70. The van der Waals surface area contributed by atoms with Gasteiger partial charge in [-0.05, 0) is 75.7 Å². The molecule has 4 heteroatoms. The first kappa shape index (κ1) is 28.1. The van der Waals surface area contributed by atoms with Crippen LogP contribution < -0.4 is 0 Å². The molecule has 10 rings (SSSR count). The highest BCUT2D eigenvalue weighted by Crippen LogP contribution is 2.56. The summed E-state index contributed by atoms with van der Waals surface area (Å²) >= 11 is 0. The van der Waals surface area contributed by atoms with Gasteiger partial charge < -0.3 is 8.83 Å². The Morgan fingerprint density at radius 3 is 2.04 bits per heavy atom. The number of nitrogens with zero attached hydrogens (tertiary/aromatic N) is 2. The minimum Gasteiger partial charge on any atom is -0.456 e. The standard InChI is InChI=1S/C45H32N2O2/c1-26(2)45(3)35-25-29(20-21-31(35)32-22-23-38-39(40(32)45)33-16-7-9-18-36(33)48-38)28-14-11-15-30(24-28)41-43-42(34-17-8-10-19-37(34)49-43)47-44(46-41)27-12-5-4-6-13-27/h4-26H,1-3H3. The summed E-state index contributed by atoms with van der Waals surface area (Å²) in [5.41, 5.74) is 14.4. The second kappa shape index (κ2) is 10.2. The van der Waals surface area contributed by atoms with Crippen LogP contribution in [0, 0.1) is 5.92 Å². The fourth-order valence-electron chi connectivity index (χ4n) is 8.05. The first-order valence-corrected chi connectivity index (χ1v) is 16.9. The molecule has 1 atom stereocenters. The zero-order chi connectivity index (χ0) is 32.9. The lowest BCUT2D eigenvalue weighted by molar-refractivity contribution is 0.417. The van der Waals surface area contributed by atoms with Crippen LogP contribution in [0.1, 0.15) is 31.9 Å². The number of fused-ring (bicyclic) bond motifs is 10. The summed E-state index contributed by atoms with van der Waals surface area (Å²) in [6, 6.07) is 46.7. The van der Waals surface area contributed by atoms with E-state index in [0.717, 1.165) is 50.0 Å². The van der Waals surface area contributed by atoms with Crippen molar-refractivity contribution >= 4 is 44.0 Å². The molecule has 9 aromatic rings. The van der Waals surface area contributed by atoms with E-state index in [4.69, 9.17) is 18.8 Å². The number of aromatic nitrogens is 2. The SMILES string of the molecule is CC(C)C1(C)c2cc(-c3cccc(-c4nc(-c5ccccc5)nc5c4oc4ccccc45)c3)ccc2-c2ccc3oc4ccccc4c3c21. The molecule has 0 saturated heterocycles. The molecule has 0 amide bonds. The topological polar surface area (TPSA) is 52.1 Å². The molecule has 6 aromatic carbocycles. The van der Waals surface area contributed by atoms with Gasteiger partial charge in [0, 0.05) is 32.7 Å². The van der Waals surface area contributed by atoms with Crippen molar-refractivity contribution in [3.8, 4) is 44.9 Å². The molecule has 0 saturated carbocycles. The number of hydrogen-bond donors (Lipinski definition) is 0. The van der Waals surface area contributed by atoms with E-state index in [2.05, 4.69) is 112 Å². The molecule has 234 valence electrons. The van der Waals surface area contributed by atoms with E-state index in [1.165, 1.54) is 38.6 Å². The van der Waals surface area contributed by atoms with E-state index in [1.54, 1.807) is 0 Å².